The zero-order chi connectivity index (χ0) is 32.3. The number of unbranched alkanes of at least 4 members (excludes halogenated alkanes) is 5. The van der Waals surface area contributed by atoms with Crippen molar-refractivity contribution in [2.75, 3.05) is 18.5 Å². The average Bonchev–Trinajstić information content (AvgIpc) is 2.97. The van der Waals surface area contributed by atoms with Crippen LogP contribution in [0.2, 0.25) is 0 Å². The standard InChI is InChI=1S/C36H54N2O6/c1-6-7-8-9-10-11-12-13-14-15-16-17-18-19-20-21-31(39)38-29-22-24-30(25-23-29)43-32(40)26-27-37-34(41)33-35(2,3)28-42-36(4,5)44-33/h7-8,10-11,13-14,22-25,33H,6,9,12,15-21,26-28H2,1-5H3,(H,37,41)(H,38,39). The lowest BCUT2D eigenvalue weighted by Crippen LogP contribution is -2.56. The molecule has 44 heavy (non-hydrogen) atoms. The number of benzene rings is 1. The number of amides is 2. The monoisotopic (exact) mass is 610 g/mol. The fraction of sp³-hybridized carbons (Fsp3) is 0.583. The Balaban J connectivity index is 1.54. The van der Waals surface area contributed by atoms with Gasteiger partial charge < -0.3 is 24.8 Å². The molecule has 1 saturated heterocycles. The summed E-state index contributed by atoms with van der Waals surface area (Å²) < 4.78 is 16.8. The van der Waals surface area contributed by atoms with E-state index in [1.165, 1.54) is 12.8 Å². The molecular formula is C36H54N2O6. The molecule has 1 unspecified atom stereocenters. The van der Waals surface area contributed by atoms with Gasteiger partial charge in [0.05, 0.1) is 13.0 Å². The number of hydrogen-bond acceptors (Lipinski definition) is 6. The third-order valence-electron chi connectivity index (χ3n) is 7.19. The van der Waals surface area contributed by atoms with Crippen molar-refractivity contribution in [2.45, 2.75) is 117 Å². The molecule has 8 nitrogen and oxygen atoms in total. The summed E-state index contributed by atoms with van der Waals surface area (Å²) in [6.45, 7) is 10.0. The van der Waals surface area contributed by atoms with Crippen molar-refractivity contribution in [3.63, 3.8) is 0 Å². The van der Waals surface area contributed by atoms with Crippen LogP contribution < -0.4 is 15.4 Å². The van der Waals surface area contributed by atoms with E-state index >= 15 is 0 Å². The summed E-state index contributed by atoms with van der Waals surface area (Å²) >= 11 is 0. The van der Waals surface area contributed by atoms with E-state index in [9.17, 15) is 14.4 Å². The first kappa shape index (κ1) is 37.0. The van der Waals surface area contributed by atoms with Crippen LogP contribution in [-0.4, -0.2) is 42.8 Å². The van der Waals surface area contributed by atoms with Crippen molar-refractivity contribution in [1.29, 1.82) is 0 Å². The lowest BCUT2D eigenvalue weighted by molar-refractivity contribution is -0.304. The SMILES string of the molecule is CCC=CCC=CCC=CCCCCCCCC(=O)Nc1ccc(OC(=O)CCNC(=O)C2OC(C)(C)OCC2(C)C)cc1. The number of ether oxygens (including phenoxy) is 3. The Morgan fingerprint density at radius 2 is 1.50 bits per heavy atom. The van der Waals surface area contributed by atoms with Gasteiger partial charge in [0.25, 0.3) is 0 Å². The molecule has 0 saturated carbocycles. The molecule has 1 aliphatic rings. The van der Waals surface area contributed by atoms with E-state index in [1.807, 2.05) is 13.8 Å². The number of hydrogen-bond donors (Lipinski definition) is 2. The highest BCUT2D eigenvalue weighted by molar-refractivity contribution is 5.90. The van der Waals surface area contributed by atoms with Crippen molar-refractivity contribution >= 4 is 23.5 Å². The Morgan fingerprint density at radius 3 is 2.20 bits per heavy atom. The molecule has 2 amide bonds. The van der Waals surface area contributed by atoms with Gasteiger partial charge in [-0.2, -0.15) is 0 Å². The second-order valence-corrected chi connectivity index (χ2v) is 12.4. The highest BCUT2D eigenvalue weighted by Crippen LogP contribution is 2.34. The van der Waals surface area contributed by atoms with Gasteiger partial charge in [0, 0.05) is 24.1 Å². The maximum absolute atomic E-state index is 12.7. The van der Waals surface area contributed by atoms with Crippen molar-refractivity contribution in [3.8, 4) is 5.75 Å². The number of carbonyl (C=O) groups is 3. The number of allylic oxidation sites excluding steroid dienone is 6. The topological polar surface area (TPSA) is 103 Å². The van der Waals surface area contributed by atoms with E-state index in [-0.39, 0.29) is 24.8 Å². The van der Waals surface area contributed by atoms with Crippen molar-refractivity contribution in [1.82, 2.24) is 5.32 Å². The van der Waals surface area contributed by atoms with Crippen molar-refractivity contribution < 1.29 is 28.6 Å². The first-order valence-electron chi connectivity index (χ1n) is 16.2. The molecule has 0 radical (unpaired) electrons. The smallest absolute Gasteiger partial charge is 0.312 e. The Kier molecular flexibility index (Phi) is 16.7. The minimum Gasteiger partial charge on any atom is -0.426 e. The van der Waals surface area contributed by atoms with E-state index < -0.39 is 23.3 Å². The van der Waals surface area contributed by atoms with Gasteiger partial charge >= 0.3 is 5.97 Å². The Hall–Kier alpha value is -3.23. The summed E-state index contributed by atoms with van der Waals surface area (Å²) in [4.78, 5) is 37.3. The number of esters is 1. The predicted molar refractivity (Wildman–Crippen MR) is 176 cm³/mol. The summed E-state index contributed by atoms with van der Waals surface area (Å²) in [7, 11) is 0. The predicted octanol–water partition coefficient (Wildman–Crippen LogP) is 7.80. The molecule has 0 bridgehead atoms. The molecule has 1 fully saturated rings. The molecule has 2 rings (SSSR count). The van der Waals surface area contributed by atoms with Crippen molar-refractivity contribution in [3.05, 3.63) is 60.7 Å². The van der Waals surface area contributed by atoms with Crippen LogP contribution in [0.15, 0.2) is 60.7 Å². The number of nitrogens with one attached hydrogen (secondary N) is 2. The van der Waals surface area contributed by atoms with E-state index in [4.69, 9.17) is 14.2 Å². The molecular weight excluding hydrogens is 556 g/mol. The van der Waals surface area contributed by atoms with Gasteiger partial charge in [0.1, 0.15) is 11.9 Å². The van der Waals surface area contributed by atoms with Gasteiger partial charge in [-0.15, -0.1) is 0 Å². The Labute approximate surface area is 264 Å². The zero-order valence-electron chi connectivity index (χ0n) is 27.5. The van der Waals surface area contributed by atoms with Crippen LogP contribution in [0, 0.1) is 5.41 Å². The molecule has 0 aliphatic carbocycles. The van der Waals surface area contributed by atoms with Gasteiger partial charge in [-0.25, -0.2) is 0 Å². The normalized spacial score (nSPS) is 17.7. The summed E-state index contributed by atoms with van der Waals surface area (Å²) in [6.07, 6.45) is 22.7. The maximum Gasteiger partial charge on any atom is 0.312 e. The largest absolute Gasteiger partial charge is 0.426 e. The van der Waals surface area contributed by atoms with Gasteiger partial charge in [0.15, 0.2) is 5.79 Å². The van der Waals surface area contributed by atoms with Crippen LogP contribution in [0.1, 0.15) is 105 Å². The molecule has 8 heteroatoms. The number of rotatable bonds is 19. The summed E-state index contributed by atoms with van der Waals surface area (Å²) in [5.74, 6) is -1.23. The van der Waals surface area contributed by atoms with E-state index in [0.717, 1.165) is 44.9 Å². The van der Waals surface area contributed by atoms with Crippen LogP contribution in [-0.2, 0) is 23.9 Å². The minimum absolute atomic E-state index is 0.0169. The molecule has 2 N–H and O–H groups in total. The van der Waals surface area contributed by atoms with Crippen LogP contribution in [0.3, 0.4) is 0 Å². The van der Waals surface area contributed by atoms with E-state index in [2.05, 4.69) is 54.0 Å². The fourth-order valence-electron chi connectivity index (χ4n) is 4.62. The van der Waals surface area contributed by atoms with Crippen LogP contribution in [0.4, 0.5) is 5.69 Å². The summed E-state index contributed by atoms with van der Waals surface area (Å²) in [6, 6.07) is 6.70. The van der Waals surface area contributed by atoms with Gasteiger partial charge in [-0.3, -0.25) is 14.4 Å². The number of anilines is 1. The minimum atomic E-state index is -0.844. The van der Waals surface area contributed by atoms with Gasteiger partial charge in [-0.05, 0) is 76.6 Å². The molecule has 244 valence electrons. The average molecular weight is 611 g/mol. The third kappa shape index (κ3) is 15.5. The Bertz CT molecular complexity index is 1100. The molecule has 1 aliphatic heterocycles. The Morgan fingerprint density at radius 1 is 0.864 bits per heavy atom. The first-order chi connectivity index (χ1) is 21.0. The van der Waals surface area contributed by atoms with Gasteiger partial charge in [0.2, 0.25) is 11.8 Å². The highest BCUT2D eigenvalue weighted by Gasteiger charge is 2.45. The quantitative estimate of drug-likeness (QED) is 0.0717. The lowest BCUT2D eigenvalue weighted by atomic mass is 9.85. The maximum atomic E-state index is 12.7. The highest BCUT2D eigenvalue weighted by atomic mass is 16.7. The molecule has 1 aromatic carbocycles. The van der Waals surface area contributed by atoms with E-state index in [0.29, 0.717) is 24.5 Å². The fourth-order valence-corrected chi connectivity index (χ4v) is 4.62. The molecule has 1 aromatic rings. The van der Waals surface area contributed by atoms with E-state index in [1.54, 1.807) is 38.1 Å². The van der Waals surface area contributed by atoms with Crippen LogP contribution in [0.5, 0.6) is 5.75 Å². The lowest BCUT2D eigenvalue weighted by Gasteiger charge is -2.44. The third-order valence-corrected chi connectivity index (χ3v) is 7.19. The second-order valence-electron chi connectivity index (χ2n) is 12.4. The second kappa shape index (κ2) is 19.9. The van der Waals surface area contributed by atoms with Crippen LogP contribution >= 0.6 is 0 Å². The summed E-state index contributed by atoms with van der Waals surface area (Å²) in [5.41, 5.74) is 0.168. The first-order valence-corrected chi connectivity index (χ1v) is 16.2. The molecule has 0 spiro atoms. The molecule has 1 atom stereocenters. The zero-order valence-corrected chi connectivity index (χ0v) is 27.5. The summed E-state index contributed by atoms with van der Waals surface area (Å²) in [5, 5.41) is 5.66. The van der Waals surface area contributed by atoms with Crippen LogP contribution in [0.25, 0.3) is 0 Å². The molecule has 0 aromatic heterocycles. The molecule has 1 heterocycles. The number of carbonyl (C=O) groups excluding carboxylic acids is 3. The van der Waals surface area contributed by atoms with Crippen molar-refractivity contribution in [2.24, 2.45) is 5.41 Å². The van der Waals surface area contributed by atoms with Gasteiger partial charge in [-0.1, -0.05) is 76.5 Å².